The summed E-state index contributed by atoms with van der Waals surface area (Å²) in [4.78, 5) is 24.3. The molecule has 3 rings (SSSR count). The van der Waals surface area contributed by atoms with E-state index in [1.165, 1.54) is 0 Å². The van der Waals surface area contributed by atoms with Gasteiger partial charge in [-0.3, -0.25) is 9.59 Å². The third-order valence-corrected chi connectivity index (χ3v) is 4.56. The number of aliphatic hydroxyl groups is 1. The summed E-state index contributed by atoms with van der Waals surface area (Å²) in [5.74, 6) is -0.649. The van der Waals surface area contributed by atoms with Crippen molar-refractivity contribution in [1.29, 1.82) is 0 Å². The van der Waals surface area contributed by atoms with E-state index in [0.29, 0.717) is 29.1 Å². The van der Waals surface area contributed by atoms with Crippen molar-refractivity contribution in [2.45, 2.75) is 50.2 Å². The first-order valence-corrected chi connectivity index (χ1v) is 8.00. The van der Waals surface area contributed by atoms with Gasteiger partial charge in [-0.1, -0.05) is 11.6 Å². The van der Waals surface area contributed by atoms with Crippen LogP contribution in [-0.4, -0.2) is 28.6 Å². The molecule has 0 radical (unpaired) electrons. The van der Waals surface area contributed by atoms with Crippen molar-refractivity contribution < 1.29 is 14.7 Å². The van der Waals surface area contributed by atoms with Crippen molar-refractivity contribution in [1.82, 2.24) is 5.32 Å². The molecule has 2 saturated carbocycles. The van der Waals surface area contributed by atoms with Crippen LogP contribution < -0.4 is 10.6 Å². The Morgan fingerprint density at radius 2 is 1.91 bits per heavy atom. The quantitative estimate of drug-likeness (QED) is 0.797. The van der Waals surface area contributed by atoms with Crippen LogP contribution in [0.2, 0.25) is 5.02 Å². The van der Waals surface area contributed by atoms with Crippen LogP contribution in [-0.2, 0) is 4.79 Å². The fourth-order valence-electron chi connectivity index (χ4n) is 2.70. The second-order valence-corrected chi connectivity index (χ2v) is 6.54. The van der Waals surface area contributed by atoms with Gasteiger partial charge < -0.3 is 15.7 Å². The summed E-state index contributed by atoms with van der Waals surface area (Å²) < 4.78 is 0. The Morgan fingerprint density at radius 3 is 2.55 bits per heavy atom. The van der Waals surface area contributed by atoms with Gasteiger partial charge in [0.2, 0.25) is 0 Å². The third kappa shape index (κ3) is 3.25. The van der Waals surface area contributed by atoms with Crippen LogP contribution in [0.15, 0.2) is 18.2 Å². The van der Waals surface area contributed by atoms with Gasteiger partial charge in [0.1, 0.15) is 5.60 Å². The zero-order valence-corrected chi connectivity index (χ0v) is 12.9. The Balaban J connectivity index is 1.73. The van der Waals surface area contributed by atoms with Crippen LogP contribution in [0.1, 0.15) is 48.9 Å². The van der Waals surface area contributed by atoms with E-state index in [0.717, 1.165) is 25.7 Å². The number of amides is 2. The second-order valence-electron chi connectivity index (χ2n) is 6.14. The number of anilines is 1. The zero-order valence-electron chi connectivity index (χ0n) is 12.2. The van der Waals surface area contributed by atoms with Crippen LogP contribution in [0.5, 0.6) is 0 Å². The summed E-state index contributed by atoms with van der Waals surface area (Å²) in [5.41, 5.74) is -0.490. The normalized spacial score (nSPS) is 19.7. The van der Waals surface area contributed by atoms with Crippen molar-refractivity contribution in [3.63, 3.8) is 0 Å². The van der Waals surface area contributed by atoms with Crippen LogP contribution in [0.25, 0.3) is 0 Å². The Hall–Kier alpha value is -1.59. The van der Waals surface area contributed by atoms with Gasteiger partial charge in [0, 0.05) is 11.7 Å². The molecule has 0 unspecified atom stereocenters. The summed E-state index contributed by atoms with van der Waals surface area (Å²) in [6.07, 6.45) is 4.63. The zero-order chi connectivity index (χ0) is 15.7. The van der Waals surface area contributed by atoms with E-state index >= 15 is 0 Å². The molecule has 2 aliphatic rings. The number of rotatable bonds is 4. The average Bonchev–Trinajstić information content (AvgIpc) is 3.18. The van der Waals surface area contributed by atoms with E-state index < -0.39 is 11.5 Å². The van der Waals surface area contributed by atoms with Gasteiger partial charge in [-0.15, -0.1) is 0 Å². The predicted octanol–water partition coefficient (Wildman–Crippen LogP) is 2.48. The van der Waals surface area contributed by atoms with E-state index in [-0.39, 0.29) is 11.9 Å². The Bertz CT molecular complexity index is 607. The van der Waals surface area contributed by atoms with Gasteiger partial charge in [0.25, 0.3) is 11.8 Å². The minimum absolute atomic E-state index is 0.233. The summed E-state index contributed by atoms with van der Waals surface area (Å²) in [7, 11) is 0. The topological polar surface area (TPSA) is 78.4 Å². The number of halogens is 1. The van der Waals surface area contributed by atoms with E-state index in [9.17, 15) is 14.7 Å². The highest BCUT2D eigenvalue weighted by Crippen LogP contribution is 2.31. The number of carbonyl (C=O) groups excluding carboxylic acids is 2. The monoisotopic (exact) mass is 322 g/mol. The van der Waals surface area contributed by atoms with Crippen LogP contribution in [0.4, 0.5) is 5.69 Å². The van der Waals surface area contributed by atoms with Crippen molar-refractivity contribution in [3.05, 3.63) is 28.8 Å². The Labute approximate surface area is 134 Å². The first-order valence-electron chi connectivity index (χ1n) is 7.62. The van der Waals surface area contributed by atoms with Crippen molar-refractivity contribution >= 4 is 29.1 Å². The summed E-state index contributed by atoms with van der Waals surface area (Å²) >= 11 is 6.06. The minimum atomic E-state index is -1.30. The van der Waals surface area contributed by atoms with Gasteiger partial charge >= 0.3 is 0 Å². The van der Waals surface area contributed by atoms with Gasteiger partial charge in [0.05, 0.1) is 10.6 Å². The highest BCUT2D eigenvalue weighted by atomic mass is 35.5. The molecular weight excluding hydrogens is 304 g/mol. The molecule has 5 nitrogen and oxygen atoms in total. The molecule has 3 N–H and O–H groups in total. The SMILES string of the molecule is O=C(NC1CC1)c1cc(NC(=O)C2(O)CCCC2)ccc1Cl. The van der Waals surface area contributed by atoms with E-state index in [2.05, 4.69) is 10.6 Å². The van der Waals surface area contributed by atoms with Gasteiger partial charge in [-0.25, -0.2) is 0 Å². The summed E-state index contributed by atoms with van der Waals surface area (Å²) in [6, 6.07) is 5.00. The fourth-order valence-corrected chi connectivity index (χ4v) is 2.91. The van der Waals surface area contributed by atoms with Crippen LogP contribution >= 0.6 is 11.6 Å². The number of benzene rings is 1. The third-order valence-electron chi connectivity index (χ3n) is 4.23. The summed E-state index contributed by atoms with van der Waals surface area (Å²) in [6.45, 7) is 0. The van der Waals surface area contributed by atoms with Crippen molar-refractivity contribution in [2.75, 3.05) is 5.32 Å². The highest BCUT2D eigenvalue weighted by Gasteiger charge is 2.38. The molecule has 0 saturated heterocycles. The molecule has 0 aromatic heterocycles. The maximum Gasteiger partial charge on any atom is 0.256 e. The largest absolute Gasteiger partial charge is 0.380 e. The molecule has 6 heteroatoms. The number of nitrogens with one attached hydrogen (secondary N) is 2. The average molecular weight is 323 g/mol. The lowest BCUT2D eigenvalue weighted by Gasteiger charge is -2.21. The summed E-state index contributed by atoms with van der Waals surface area (Å²) in [5, 5.41) is 16.2. The second kappa shape index (κ2) is 5.89. The highest BCUT2D eigenvalue weighted by molar-refractivity contribution is 6.34. The molecule has 0 atom stereocenters. The molecule has 0 heterocycles. The molecule has 0 aliphatic heterocycles. The minimum Gasteiger partial charge on any atom is -0.380 e. The van der Waals surface area contributed by atoms with E-state index in [1.807, 2.05) is 0 Å². The molecular formula is C16H19ClN2O3. The molecule has 1 aromatic rings. The lowest BCUT2D eigenvalue weighted by molar-refractivity contribution is -0.133. The lowest BCUT2D eigenvalue weighted by Crippen LogP contribution is -2.40. The van der Waals surface area contributed by atoms with Crippen molar-refractivity contribution in [2.24, 2.45) is 0 Å². The molecule has 2 fully saturated rings. The van der Waals surface area contributed by atoms with E-state index in [1.54, 1.807) is 18.2 Å². The van der Waals surface area contributed by atoms with Crippen LogP contribution in [0, 0.1) is 0 Å². The fraction of sp³-hybridized carbons (Fsp3) is 0.500. The number of carbonyl (C=O) groups is 2. The van der Waals surface area contributed by atoms with Gasteiger partial charge in [0.15, 0.2) is 0 Å². The number of hydrogen-bond donors (Lipinski definition) is 3. The molecule has 0 spiro atoms. The maximum atomic E-state index is 12.2. The molecule has 22 heavy (non-hydrogen) atoms. The van der Waals surface area contributed by atoms with E-state index in [4.69, 9.17) is 11.6 Å². The van der Waals surface area contributed by atoms with Gasteiger partial charge in [-0.05, 0) is 56.7 Å². The molecule has 0 bridgehead atoms. The maximum absolute atomic E-state index is 12.2. The van der Waals surface area contributed by atoms with Crippen molar-refractivity contribution in [3.8, 4) is 0 Å². The molecule has 2 aliphatic carbocycles. The molecule has 2 amide bonds. The Morgan fingerprint density at radius 1 is 1.23 bits per heavy atom. The predicted molar refractivity (Wildman–Crippen MR) is 84.0 cm³/mol. The number of hydrogen-bond acceptors (Lipinski definition) is 3. The first-order chi connectivity index (χ1) is 10.5. The Kier molecular flexibility index (Phi) is 4.10. The first kappa shape index (κ1) is 15.3. The molecule has 118 valence electrons. The molecule has 1 aromatic carbocycles. The lowest BCUT2D eigenvalue weighted by atomic mass is 10.0. The smallest absolute Gasteiger partial charge is 0.256 e. The standard InChI is InChI=1S/C16H19ClN2O3/c17-13-6-5-11(9-12(13)14(20)18-10-3-4-10)19-15(21)16(22)7-1-2-8-16/h5-6,9-10,22H,1-4,7-8H2,(H,18,20)(H,19,21). The van der Waals surface area contributed by atoms with Crippen LogP contribution in [0.3, 0.4) is 0 Å². The van der Waals surface area contributed by atoms with Gasteiger partial charge in [-0.2, -0.15) is 0 Å².